The fourth-order valence-electron chi connectivity index (χ4n) is 1.61. The van der Waals surface area contributed by atoms with Gasteiger partial charge in [-0.2, -0.15) is 0 Å². The zero-order chi connectivity index (χ0) is 7.40. The van der Waals surface area contributed by atoms with Crippen molar-refractivity contribution in [3.05, 3.63) is 12.8 Å². The van der Waals surface area contributed by atoms with Gasteiger partial charge < -0.3 is 4.74 Å². The van der Waals surface area contributed by atoms with Gasteiger partial charge in [0.15, 0.2) is 0 Å². The van der Waals surface area contributed by atoms with Gasteiger partial charge in [-0.3, -0.25) is 0 Å². The van der Waals surface area contributed by atoms with Gasteiger partial charge in [0, 0.05) is 0 Å². The first kappa shape index (κ1) is 7.64. The van der Waals surface area contributed by atoms with Crippen molar-refractivity contribution in [2.75, 3.05) is 0 Å². The molecule has 1 rings (SSSR count). The first-order valence-electron chi connectivity index (χ1n) is 4.11. The topological polar surface area (TPSA) is 9.23 Å². The maximum absolute atomic E-state index is 5.36. The van der Waals surface area contributed by atoms with Crippen LogP contribution in [-0.4, -0.2) is 6.10 Å². The molecule has 0 aromatic heterocycles. The largest absolute Gasteiger partial charge is 0.498 e. The van der Waals surface area contributed by atoms with Crippen LogP contribution < -0.4 is 0 Å². The summed E-state index contributed by atoms with van der Waals surface area (Å²) in [5.41, 5.74) is 0. The molecular formula is C9H16O. The van der Waals surface area contributed by atoms with Gasteiger partial charge in [-0.15, -0.1) is 0 Å². The summed E-state index contributed by atoms with van der Waals surface area (Å²) < 4.78 is 5.36. The molecule has 10 heavy (non-hydrogen) atoms. The summed E-state index contributed by atoms with van der Waals surface area (Å²) in [7, 11) is 0. The minimum Gasteiger partial charge on any atom is -0.498 e. The molecule has 0 spiro atoms. The monoisotopic (exact) mass is 140 g/mol. The minimum absolute atomic E-state index is 0.450. The van der Waals surface area contributed by atoms with Crippen LogP contribution in [0.4, 0.5) is 0 Å². The summed E-state index contributed by atoms with van der Waals surface area (Å²) in [6, 6.07) is 0. The quantitative estimate of drug-likeness (QED) is 0.536. The van der Waals surface area contributed by atoms with E-state index in [2.05, 4.69) is 13.5 Å². The van der Waals surface area contributed by atoms with Gasteiger partial charge >= 0.3 is 0 Å². The predicted molar refractivity (Wildman–Crippen MR) is 42.7 cm³/mol. The van der Waals surface area contributed by atoms with Crippen LogP contribution in [0, 0.1) is 5.92 Å². The SMILES string of the molecule is C=CO[C@H]1CCCC[C@@H]1C. The number of ether oxygens (including phenoxy) is 1. The van der Waals surface area contributed by atoms with E-state index in [1.807, 2.05) is 0 Å². The van der Waals surface area contributed by atoms with Gasteiger partial charge in [0.1, 0.15) is 6.10 Å². The smallest absolute Gasteiger partial charge is 0.100 e. The standard InChI is InChI=1S/C9H16O/c1-3-10-9-7-5-4-6-8(9)2/h3,8-9H,1,4-7H2,2H3/t8-,9-/m0/s1. The zero-order valence-corrected chi connectivity index (χ0v) is 6.68. The molecule has 0 aliphatic heterocycles. The first-order valence-corrected chi connectivity index (χ1v) is 4.11. The first-order chi connectivity index (χ1) is 4.84. The van der Waals surface area contributed by atoms with Gasteiger partial charge in [-0.1, -0.05) is 19.9 Å². The molecule has 2 atom stereocenters. The highest BCUT2D eigenvalue weighted by molar-refractivity contribution is 4.74. The molecule has 58 valence electrons. The van der Waals surface area contributed by atoms with Crippen molar-refractivity contribution in [3.8, 4) is 0 Å². The van der Waals surface area contributed by atoms with Gasteiger partial charge in [-0.25, -0.2) is 0 Å². The number of rotatable bonds is 2. The Morgan fingerprint density at radius 3 is 2.70 bits per heavy atom. The van der Waals surface area contributed by atoms with Crippen molar-refractivity contribution in [2.24, 2.45) is 5.92 Å². The van der Waals surface area contributed by atoms with E-state index in [1.165, 1.54) is 25.7 Å². The molecule has 0 unspecified atom stereocenters. The van der Waals surface area contributed by atoms with Crippen LogP contribution in [0.3, 0.4) is 0 Å². The second-order valence-corrected chi connectivity index (χ2v) is 3.10. The zero-order valence-electron chi connectivity index (χ0n) is 6.68. The Labute approximate surface area is 63.1 Å². The Bertz CT molecular complexity index is 109. The number of hydrogen-bond donors (Lipinski definition) is 0. The summed E-state index contributed by atoms with van der Waals surface area (Å²) in [5, 5.41) is 0. The lowest BCUT2D eigenvalue weighted by Gasteiger charge is -2.27. The summed E-state index contributed by atoms with van der Waals surface area (Å²) >= 11 is 0. The van der Waals surface area contributed by atoms with E-state index in [9.17, 15) is 0 Å². The van der Waals surface area contributed by atoms with E-state index in [-0.39, 0.29) is 0 Å². The summed E-state index contributed by atoms with van der Waals surface area (Å²) in [6.45, 7) is 5.82. The van der Waals surface area contributed by atoms with Crippen LogP contribution in [-0.2, 0) is 4.74 Å². The van der Waals surface area contributed by atoms with Crippen molar-refractivity contribution < 1.29 is 4.74 Å². The third-order valence-corrected chi connectivity index (χ3v) is 2.30. The van der Waals surface area contributed by atoms with Crippen LogP contribution in [0.1, 0.15) is 32.6 Å². The molecule has 0 N–H and O–H groups in total. The average molecular weight is 140 g/mol. The molecule has 1 aliphatic carbocycles. The molecule has 0 bridgehead atoms. The predicted octanol–water partition coefficient (Wildman–Crippen LogP) is 2.73. The molecule has 0 aromatic rings. The molecule has 0 heterocycles. The van der Waals surface area contributed by atoms with Gasteiger partial charge in [0.2, 0.25) is 0 Å². The highest BCUT2D eigenvalue weighted by Crippen LogP contribution is 2.26. The minimum atomic E-state index is 0.450. The van der Waals surface area contributed by atoms with Crippen LogP contribution in [0.5, 0.6) is 0 Å². The summed E-state index contributed by atoms with van der Waals surface area (Å²) in [4.78, 5) is 0. The van der Waals surface area contributed by atoms with E-state index in [0.29, 0.717) is 6.10 Å². The molecule has 1 heteroatoms. The van der Waals surface area contributed by atoms with Crippen LogP contribution in [0.15, 0.2) is 12.8 Å². The Morgan fingerprint density at radius 2 is 2.10 bits per heavy atom. The van der Waals surface area contributed by atoms with E-state index in [4.69, 9.17) is 4.74 Å². The summed E-state index contributed by atoms with van der Waals surface area (Å²) in [5.74, 6) is 0.728. The van der Waals surface area contributed by atoms with Gasteiger partial charge in [-0.05, 0) is 25.2 Å². The molecule has 0 aromatic carbocycles. The normalized spacial score (nSPS) is 33.3. The Hall–Kier alpha value is -0.460. The fraction of sp³-hybridized carbons (Fsp3) is 0.778. The lowest BCUT2D eigenvalue weighted by Crippen LogP contribution is -2.23. The molecule has 1 aliphatic rings. The molecule has 0 saturated heterocycles. The van der Waals surface area contributed by atoms with Crippen LogP contribution in [0.25, 0.3) is 0 Å². The Kier molecular flexibility index (Phi) is 2.79. The Balaban J connectivity index is 2.32. The lowest BCUT2D eigenvalue weighted by molar-refractivity contribution is 0.0614. The summed E-state index contributed by atoms with van der Waals surface area (Å²) in [6.07, 6.45) is 7.25. The third-order valence-electron chi connectivity index (χ3n) is 2.30. The molecule has 0 amide bonds. The molecule has 0 radical (unpaired) electrons. The average Bonchev–Trinajstić information content (AvgIpc) is 1.94. The maximum atomic E-state index is 5.36. The second kappa shape index (κ2) is 3.65. The van der Waals surface area contributed by atoms with Crippen molar-refractivity contribution in [2.45, 2.75) is 38.7 Å². The highest BCUT2D eigenvalue weighted by Gasteiger charge is 2.20. The maximum Gasteiger partial charge on any atom is 0.100 e. The highest BCUT2D eigenvalue weighted by atomic mass is 16.5. The van der Waals surface area contributed by atoms with Gasteiger partial charge in [0.25, 0.3) is 0 Å². The van der Waals surface area contributed by atoms with E-state index in [0.717, 1.165) is 5.92 Å². The van der Waals surface area contributed by atoms with E-state index in [1.54, 1.807) is 6.26 Å². The lowest BCUT2D eigenvalue weighted by atomic mass is 9.88. The second-order valence-electron chi connectivity index (χ2n) is 3.10. The van der Waals surface area contributed by atoms with Crippen LogP contribution >= 0.6 is 0 Å². The molecular weight excluding hydrogens is 124 g/mol. The Morgan fingerprint density at radius 1 is 1.40 bits per heavy atom. The van der Waals surface area contributed by atoms with Crippen molar-refractivity contribution in [1.29, 1.82) is 0 Å². The molecule has 1 saturated carbocycles. The van der Waals surface area contributed by atoms with Crippen molar-refractivity contribution >= 4 is 0 Å². The fourth-order valence-corrected chi connectivity index (χ4v) is 1.61. The van der Waals surface area contributed by atoms with Crippen LogP contribution in [0.2, 0.25) is 0 Å². The third kappa shape index (κ3) is 1.76. The van der Waals surface area contributed by atoms with Crippen molar-refractivity contribution in [3.63, 3.8) is 0 Å². The van der Waals surface area contributed by atoms with E-state index >= 15 is 0 Å². The van der Waals surface area contributed by atoms with Crippen molar-refractivity contribution in [1.82, 2.24) is 0 Å². The number of hydrogen-bond acceptors (Lipinski definition) is 1. The van der Waals surface area contributed by atoms with Gasteiger partial charge in [0.05, 0.1) is 6.26 Å². The van der Waals surface area contributed by atoms with E-state index < -0.39 is 0 Å². The molecule has 1 fully saturated rings. The molecule has 1 nitrogen and oxygen atoms in total.